The van der Waals surface area contributed by atoms with Crippen molar-refractivity contribution in [2.24, 2.45) is 12.5 Å². The van der Waals surface area contributed by atoms with E-state index in [0.29, 0.717) is 6.04 Å². The Morgan fingerprint density at radius 3 is 2.84 bits per heavy atom. The Balaban J connectivity index is 1.48. The highest BCUT2D eigenvalue weighted by Crippen LogP contribution is 2.46. The van der Waals surface area contributed by atoms with Crippen LogP contribution in [0.25, 0.3) is 0 Å². The summed E-state index contributed by atoms with van der Waals surface area (Å²) in [4.78, 5) is 15.2. The number of urea groups is 1. The second-order valence-corrected chi connectivity index (χ2v) is 7.95. The number of carbonyl (C=O) groups is 1. The lowest BCUT2D eigenvalue weighted by atomic mass is 9.75. The van der Waals surface area contributed by atoms with Crippen molar-refractivity contribution >= 4 is 6.03 Å². The molecular formula is C19H30N4O2. The predicted octanol–water partition coefficient (Wildman–Crippen LogP) is 3.01. The van der Waals surface area contributed by atoms with Crippen molar-refractivity contribution in [2.45, 2.75) is 63.5 Å². The summed E-state index contributed by atoms with van der Waals surface area (Å²) in [5.41, 5.74) is 1.41. The Morgan fingerprint density at radius 2 is 2.08 bits per heavy atom. The molecule has 2 atom stereocenters. The molecule has 1 aliphatic carbocycles. The summed E-state index contributed by atoms with van der Waals surface area (Å²) >= 11 is 0. The fraction of sp³-hybridized carbons (Fsp3) is 0.789. The average molecular weight is 346 g/mol. The monoisotopic (exact) mass is 346 g/mol. The first-order chi connectivity index (χ1) is 12.2. The summed E-state index contributed by atoms with van der Waals surface area (Å²) < 4.78 is 7.48. The van der Waals surface area contributed by atoms with E-state index in [9.17, 15) is 4.79 Å². The van der Waals surface area contributed by atoms with Crippen molar-refractivity contribution in [3.63, 3.8) is 0 Å². The van der Waals surface area contributed by atoms with Crippen LogP contribution in [0.2, 0.25) is 0 Å². The maximum atomic E-state index is 13.2. The number of nitrogens with one attached hydrogen (secondary N) is 1. The summed E-state index contributed by atoms with van der Waals surface area (Å²) in [6.45, 7) is 2.52. The van der Waals surface area contributed by atoms with E-state index in [4.69, 9.17) is 4.74 Å². The standard InChI is InChI=1S/C19H30N4O2/c1-22-15(7-11-20-22)16-5-2-3-12-23(16)18(24)21-17-6-4-8-19(17)9-13-25-14-10-19/h7,11,16-17H,2-6,8-10,12-14H2,1H3,(H,21,24)/t16-,17-/m0/s1. The maximum Gasteiger partial charge on any atom is 0.318 e. The van der Waals surface area contributed by atoms with E-state index in [2.05, 4.69) is 10.4 Å². The molecule has 3 fully saturated rings. The van der Waals surface area contributed by atoms with Gasteiger partial charge in [-0.15, -0.1) is 0 Å². The Labute approximate surface area is 149 Å². The van der Waals surface area contributed by atoms with E-state index in [1.54, 1.807) is 0 Å². The van der Waals surface area contributed by atoms with Crippen LogP contribution in [-0.4, -0.2) is 46.5 Å². The van der Waals surface area contributed by atoms with E-state index in [1.807, 2.05) is 28.9 Å². The quantitative estimate of drug-likeness (QED) is 0.895. The van der Waals surface area contributed by atoms with Crippen LogP contribution in [0, 0.1) is 5.41 Å². The number of aryl methyl sites for hydroxylation is 1. The minimum absolute atomic E-state index is 0.115. The lowest BCUT2D eigenvalue weighted by Gasteiger charge is -2.41. The van der Waals surface area contributed by atoms with Gasteiger partial charge in [0, 0.05) is 39.0 Å². The Bertz CT molecular complexity index is 608. The van der Waals surface area contributed by atoms with Gasteiger partial charge in [0.1, 0.15) is 0 Å². The van der Waals surface area contributed by atoms with Crippen LogP contribution in [0.1, 0.15) is 63.1 Å². The van der Waals surface area contributed by atoms with Gasteiger partial charge >= 0.3 is 6.03 Å². The lowest BCUT2D eigenvalue weighted by molar-refractivity contribution is 0.00482. The molecule has 2 saturated heterocycles. The van der Waals surface area contributed by atoms with E-state index >= 15 is 0 Å². The number of aromatic nitrogens is 2. The van der Waals surface area contributed by atoms with Gasteiger partial charge in [-0.2, -0.15) is 5.10 Å². The molecule has 6 nitrogen and oxygen atoms in total. The predicted molar refractivity (Wildman–Crippen MR) is 95.2 cm³/mol. The highest BCUT2D eigenvalue weighted by molar-refractivity contribution is 5.75. The van der Waals surface area contributed by atoms with Crippen LogP contribution >= 0.6 is 0 Å². The van der Waals surface area contributed by atoms with E-state index in [0.717, 1.165) is 57.6 Å². The van der Waals surface area contributed by atoms with Crippen LogP contribution in [0.3, 0.4) is 0 Å². The largest absolute Gasteiger partial charge is 0.381 e. The fourth-order valence-corrected chi connectivity index (χ4v) is 5.17. The second kappa shape index (κ2) is 6.98. The maximum absolute atomic E-state index is 13.2. The van der Waals surface area contributed by atoms with Gasteiger partial charge in [0.15, 0.2) is 0 Å². The van der Waals surface area contributed by atoms with Gasteiger partial charge in [0.05, 0.1) is 11.7 Å². The molecule has 1 aromatic rings. The molecule has 1 N–H and O–H groups in total. The van der Waals surface area contributed by atoms with Gasteiger partial charge in [-0.25, -0.2) is 4.79 Å². The fourth-order valence-electron chi connectivity index (χ4n) is 5.17. The van der Waals surface area contributed by atoms with Crippen molar-refractivity contribution in [3.8, 4) is 0 Å². The number of ether oxygens (including phenoxy) is 1. The molecule has 25 heavy (non-hydrogen) atoms. The number of rotatable bonds is 2. The van der Waals surface area contributed by atoms with Crippen molar-refractivity contribution in [3.05, 3.63) is 18.0 Å². The zero-order chi connectivity index (χ0) is 17.3. The van der Waals surface area contributed by atoms with E-state index < -0.39 is 0 Å². The molecule has 2 amide bonds. The van der Waals surface area contributed by atoms with Crippen LogP contribution in [0.5, 0.6) is 0 Å². The molecule has 1 saturated carbocycles. The minimum Gasteiger partial charge on any atom is -0.381 e. The third-order valence-corrected chi connectivity index (χ3v) is 6.66. The van der Waals surface area contributed by atoms with Crippen LogP contribution in [0.4, 0.5) is 4.79 Å². The van der Waals surface area contributed by atoms with Gasteiger partial charge < -0.3 is 15.0 Å². The minimum atomic E-state index is 0.115. The molecule has 138 valence electrons. The van der Waals surface area contributed by atoms with Crippen LogP contribution in [-0.2, 0) is 11.8 Å². The topological polar surface area (TPSA) is 59.4 Å². The molecule has 4 rings (SSSR count). The molecule has 0 unspecified atom stereocenters. The SMILES string of the molecule is Cn1nccc1[C@@H]1CCCCN1C(=O)N[C@H]1CCCC12CCOCC2. The summed E-state index contributed by atoms with van der Waals surface area (Å²) in [6.07, 6.45) is 10.8. The first-order valence-corrected chi connectivity index (χ1v) is 9.82. The van der Waals surface area contributed by atoms with Gasteiger partial charge in [0.25, 0.3) is 0 Å². The van der Waals surface area contributed by atoms with Gasteiger partial charge in [-0.05, 0) is 56.4 Å². The van der Waals surface area contributed by atoms with Gasteiger partial charge in [-0.1, -0.05) is 6.42 Å². The molecule has 1 spiro atoms. The van der Waals surface area contributed by atoms with E-state index in [1.165, 1.54) is 19.3 Å². The lowest BCUT2D eigenvalue weighted by Crippen LogP contribution is -2.53. The zero-order valence-corrected chi connectivity index (χ0v) is 15.2. The van der Waals surface area contributed by atoms with E-state index in [-0.39, 0.29) is 17.5 Å². The molecule has 1 aromatic heterocycles. The molecule has 6 heteroatoms. The number of likely N-dealkylation sites (tertiary alicyclic amines) is 1. The summed E-state index contributed by atoms with van der Waals surface area (Å²) in [5.74, 6) is 0. The Hall–Kier alpha value is -1.56. The summed E-state index contributed by atoms with van der Waals surface area (Å²) in [5, 5.41) is 7.72. The number of hydrogen-bond donors (Lipinski definition) is 1. The highest BCUT2D eigenvalue weighted by atomic mass is 16.5. The number of nitrogens with zero attached hydrogens (tertiary/aromatic N) is 3. The van der Waals surface area contributed by atoms with Crippen LogP contribution in [0.15, 0.2) is 12.3 Å². The first kappa shape index (κ1) is 16.9. The number of piperidine rings is 1. The van der Waals surface area contributed by atoms with Crippen molar-refractivity contribution in [1.82, 2.24) is 20.0 Å². The average Bonchev–Trinajstić information content (AvgIpc) is 3.22. The van der Waals surface area contributed by atoms with Crippen LogP contribution < -0.4 is 5.32 Å². The Kier molecular flexibility index (Phi) is 4.71. The molecule has 3 aliphatic rings. The van der Waals surface area contributed by atoms with Crippen molar-refractivity contribution in [1.29, 1.82) is 0 Å². The molecule has 2 aliphatic heterocycles. The molecule has 0 bridgehead atoms. The Morgan fingerprint density at radius 1 is 1.24 bits per heavy atom. The summed E-state index contributed by atoms with van der Waals surface area (Å²) in [7, 11) is 1.97. The smallest absolute Gasteiger partial charge is 0.318 e. The summed E-state index contributed by atoms with van der Waals surface area (Å²) in [6, 6.07) is 2.61. The van der Waals surface area contributed by atoms with Gasteiger partial charge in [-0.3, -0.25) is 4.68 Å². The van der Waals surface area contributed by atoms with Crippen molar-refractivity contribution in [2.75, 3.05) is 19.8 Å². The third-order valence-electron chi connectivity index (χ3n) is 6.66. The zero-order valence-electron chi connectivity index (χ0n) is 15.2. The molecule has 0 aromatic carbocycles. The third kappa shape index (κ3) is 3.16. The number of hydrogen-bond acceptors (Lipinski definition) is 3. The molecular weight excluding hydrogens is 316 g/mol. The molecule has 0 radical (unpaired) electrons. The van der Waals surface area contributed by atoms with Crippen molar-refractivity contribution < 1.29 is 9.53 Å². The highest BCUT2D eigenvalue weighted by Gasteiger charge is 2.45. The normalized spacial score (nSPS) is 29.1. The molecule has 3 heterocycles. The second-order valence-electron chi connectivity index (χ2n) is 7.95. The number of carbonyl (C=O) groups excluding carboxylic acids is 1. The van der Waals surface area contributed by atoms with Gasteiger partial charge in [0.2, 0.25) is 0 Å². The first-order valence-electron chi connectivity index (χ1n) is 9.82. The number of amides is 2.